The Bertz CT molecular complexity index is 144. The number of rotatable bonds is 0. The molecule has 0 saturated heterocycles. The summed E-state index contributed by atoms with van der Waals surface area (Å²) in [4.78, 5) is 0. The zero-order chi connectivity index (χ0) is 5.11. The lowest BCUT2D eigenvalue weighted by Gasteiger charge is -1.84. The smallest absolute Gasteiger partial charge is 0.124 e. The van der Waals surface area contributed by atoms with Crippen molar-refractivity contribution in [2.24, 2.45) is 0 Å². The zero-order valence-corrected chi connectivity index (χ0v) is 5.72. The van der Waals surface area contributed by atoms with E-state index in [0.29, 0.717) is 0 Å². The lowest BCUT2D eigenvalue weighted by molar-refractivity contribution is 0.669. The number of hydrogen-bond acceptors (Lipinski definition) is 0. The molecule has 1 aliphatic heterocycles. The highest BCUT2D eigenvalue weighted by Gasteiger charge is 1.84. The van der Waals surface area contributed by atoms with E-state index in [1.165, 1.54) is 12.2 Å². The van der Waals surface area contributed by atoms with E-state index in [2.05, 4.69) is 0 Å². The van der Waals surface area contributed by atoms with Gasteiger partial charge >= 0.3 is 0 Å². The molecule has 1 aliphatic rings. The van der Waals surface area contributed by atoms with Crippen molar-refractivity contribution < 1.29 is 4.39 Å². The minimum atomic E-state index is -0.119. The van der Waals surface area contributed by atoms with Gasteiger partial charge in [-0.05, 0) is 20.2 Å². The lowest BCUT2D eigenvalue weighted by atomic mass is 10.5. The van der Waals surface area contributed by atoms with E-state index >= 15 is 0 Å². The fourth-order valence-electron chi connectivity index (χ4n) is 0.291. The van der Waals surface area contributed by atoms with Gasteiger partial charge in [0.2, 0.25) is 0 Å². The molecule has 0 atom stereocenters. The van der Waals surface area contributed by atoms with Crippen molar-refractivity contribution >= 4 is 24.7 Å². The van der Waals surface area contributed by atoms with Crippen LogP contribution in [-0.2, 0) is 0 Å². The maximum Gasteiger partial charge on any atom is 0.124 e. The summed E-state index contributed by atoms with van der Waals surface area (Å²) in [7, 11) is 0. The van der Waals surface area contributed by atoms with Crippen LogP contribution in [0.5, 0.6) is 0 Å². The van der Waals surface area contributed by atoms with Crippen LogP contribution in [0.15, 0.2) is 22.1 Å². The number of hydrogen-bond donors (Lipinski definition) is 0. The molecule has 1 rings (SSSR count). The number of allylic oxidation sites excluding steroid dienone is 3. The van der Waals surface area contributed by atoms with Crippen LogP contribution < -0.4 is 0 Å². The second-order valence-electron chi connectivity index (χ2n) is 1.10. The van der Waals surface area contributed by atoms with Crippen molar-refractivity contribution in [3.63, 3.8) is 0 Å². The molecule has 0 radical (unpaired) electrons. The van der Waals surface area contributed by atoms with Gasteiger partial charge in [-0.1, -0.05) is 20.7 Å². The summed E-state index contributed by atoms with van der Waals surface area (Å²) in [5.41, 5.74) is 0. The molecule has 2 heteroatoms. The van der Waals surface area contributed by atoms with Gasteiger partial charge in [0.05, 0.1) is 0 Å². The molecule has 1 heterocycles. The molecule has 0 N–H and O–H groups in total. The summed E-state index contributed by atoms with van der Waals surface area (Å²) in [6, 6.07) is 0. The van der Waals surface area contributed by atoms with Crippen molar-refractivity contribution in [2.75, 3.05) is 0 Å². The first kappa shape index (κ1) is 5.15. The third kappa shape index (κ3) is 1.51. The predicted octanol–water partition coefficient (Wildman–Crippen LogP) is 2.14. The summed E-state index contributed by atoms with van der Waals surface area (Å²) in [6.07, 6.45) is 3.04. The topological polar surface area (TPSA) is 0 Å². The average Bonchev–Trinajstić information content (AvgIpc) is 1.69. The molecule has 0 spiro atoms. The second kappa shape index (κ2) is 2.35. The zero-order valence-electron chi connectivity index (χ0n) is 3.57. The molecule has 0 fully saturated rings. The van der Waals surface area contributed by atoms with Crippen molar-refractivity contribution in [3.05, 3.63) is 22.1 Å². The molecule has 0 aromatic heterocycles. The first-order valence-corrected chi connectivity index (χ1v) is 4.36. The van der Waals surface area contributed by atoms with Crippen LogP contribution >= 0.6 is 20.7 Å². The SMILES string of the molecule is FC1=CC=IC=C1. The maximum atomic E-state index is 11.9. The molecular weight excluding hydrogens is 206 g/mol. The van der Waals surface area contributed by atoms with Gasteiger partial charge < -0.3 is 0 Å². The van der Waals surface area contributed by atoms with Crippen LogP contribution in [0, 0.1) is 0 Å². The summed E-state index contributed by atoms with van der Waals surface area (Å²) < 4.78 is 15.7. The van der Waals surface area contributed by atoms with Crippen LogP contribution in [0.4, 0.5) is 4.39 Å². The fraction of sp³-hybridized carbons (Fsp3) is 0. The Balaban J connectivity index is 2.82. The normalized spacial score (nSPS) is 18.1. The van der Waals surface area contributed by atoms with Gasteiger partial charge in [0.25, 0.3) is 0 Å². The van der Waals surface area contributed by atoms with Crippen LogP contribution in [0.25, 0.3) is 0 Å². The summed E-state index contributed by atoms with van der Waals surface area (Å²) in [6.45, 7) is 0. The van der Waals surface area contributed by atoms with Crippen LogP contribution in [0.1, 0.15) is 0 Å². The Kier molecular flexibility index (Phi) is 1.73. The molecule has 0 bridgehead atoms. The summed E-state index contributed by atoms with van der Waals surface area (Å²) in [5.74, 6) is -0.119. The Morgan fingerprint density at radius 1 is 1.57 bits per heavy atom. The fourth-order valence-corrected chi connectivity index (χ4v) is 1.63. The predicted molar refractivity (Wildman–Crippen MR) is 38.4 cm³/mol. The van der Waals surface area contributed by atoms with Gasteiger partial charge in [-0.15, -0.1) is 0 Å². The Labute approximate surface area is 51.5 Å². The van der Waals surface area contributed by atoms with E-state index in [9.17, 15) is 4.39 Å². The minimum absolute atomic E-state index is 0.0656. The van der Waals surface area contributed by atoms with Gasteiger partial charge in [0, 0.05) is 0 Å². The van der Waals surface area contributed by atoms with Crippen LogP contribution in [0.2, 0.25) is 0 Å². The van der Waals surface area contributed by atoms with E-state index in [1.54, 1.807) is 0 Å². The highest BCUT2D eigenvalue weighted by Crippen LogP contribution is 2.09. The first-order valence-electron chi connectivity index (χ1n) is 1.87. The van der Waals surface area contributed by atoms with Gasteiger partial charge in [0.1, 0.15) is 5.83 Å². The quantitative estimate of drug-likeness (QED) is 0.537. The largest absolute Gasteiger partial charge is 0.207 e. The molecule has 38 valence electrons. The van der Waals surface area contributed by atoms with Gasteiger partial charge in [-0.3, -0.25) is 0 Å². The maximum absolute atomic E-state index is 11.9. The van der Waals surface area contributed by atoms with E-state index in [4.69, 9.17) is 0 Å². The molecule has 0 aromatic carbocycles. The standard InChI is InChI=1S/C5H4FI/c6-5-1-3-7-4-2-5/h1-4H. The van der Waals surface area contributed by atoms with Gasteiger partial charge in [0.15, 0.2) is 0 Å². The Hall–Kier alpha value is 0.01000. The highest BCUT2D eigenvalue weighted by atomic mass is 127. The lowest BCUT2D eigenvalue weighted by Crippen LogP contribution is -1.67. The minimum Gasteiger partial charge on any atom is -0.207 e. The van der Waals surface area contributed by atoms with E-state index in [-0.39, 0.29) is 26.6 Å². The second-order valence-corrected chi connectivity index (χ2v) is 3.25. The van der Waals surface area contributed by atoms with Gasteiger partial charge in [-0.2, -0.15) is 0 Å². The third-order valence-electron chi connectivity index (χ3n) is 0.590. The van der Waals surface area contributed by atoms with Crippen molar-refractivity contribution in [1.29, 1.82) is 0 Å². The molecule has 0 nitrogen and oxygen atoms in total. The Morgan fingerprint density at radius 2 is 2.43 bits per heavy atom. The van der Waals surface area contributed by atoms with Crippen LogP contribution in [-0.4, -0.2) is 4.01 Å². The number of halogens is 2. The molecule has 0 unspecified atom stereocenters. The summed E-state index contributed by atoms with van der Waals surface area (Å²) >= 11 is 0.0656. The third-order valence-corrected chi connectivity index (χ3v) is 2.14. The van der Waals surface area contributed by atoms with Crippen LogP contribution in [0.3, 0.4) is 0 Å². The van der Waals surface area contributed by atoms with Crippen molar-refractivity contribution in [3.8, 4) is 0 Å². The highest BCUT2D eigenvalue weighted by molar-refractivity contribution is 14.2. The molecule has 0 aliphatic carbocycles. The summed E-state index contributed by atoms with van der Waals surface area (Å²) in [5, 5.41) is 0. The molecule has 0 saturated carbocycles. The Morgan fingerprint density at radius 3 is 2.71 bits per heavy atom. The van der Waals surface area contributed by atoms with Crippen molar-refractivity contribution in [1.82, 2.24) is 0 Å². The molecule has 7 heavy (non-hydrogen) atoms. The van der Waals surface area contributed by atoms with E-state index in [1.807, 2.05) is 8.09 Å². The molecular formula is C5H4FI. The molecule has 0 aromatic rings. The van der Waals surface area contributed by atoms with Crippen molar-refractivity contribution in [2.45, 2.75) is 0 Å². The monoisotopic (exact) mass is 210 g/mol. The average molecular weight is 210 g/mol. The van der Waals surface area contributed by atoms with E-state index < -0.39 is 0 Å². The van der Waals surface area contributed by atoms with E-state index in [0.717, 1.165) is 0 Å². The molecule has 0 amide bonds. The first-order chi connectivity index (χ1) is 3.39. The van der Waals surface area contributed by atoms with Gasteiger partial charge in [-0.25, -0.2) is 4.39 Å².